The van der Waals surface area contributed by atoms with Crippen molar-refractivity contribution in [3.8, 4) is 0 Å². The molecule has 3 aromatic rings. The van der Waals surface area contributed by atoms with Crippen LogP contribution in [-0.2, 0) is 0 Å². The highest BCUT2D eigenvalue weighted by Crippen LogP contribution is 2.21. The number of anilines is 1. The van der Waals surface area contributed by atoms with Gasteiger partial charge >= 0.3 is 0 Å². The van der Waals surface area contributed by atoms with E-state index in [1.807, 2.05) is 31.2 Å². The Kier molecular flexibility index (Phi) is 3.44. The lowest BCUT2D eigenvalue weighted by Gasteiger charge is -2.16. The van der Waals surface area contributed by atoms with Crippen LogP contribution in [0.1, 0.15) is 18.5 Å². The Balaban J connectivity index is 1.95. The maximum Gasteiger partial charge on any atom is 0.257 e. The third kappa shape index (κ3) is 2.65. The van der Waals surface area contributed by atoms with Gasteiger partial charge in [-0.05, 0) is 30.5 Å². The Labute approximate surface area is 121 Å². The van der Waals surface area contributed by atoms with Crippen molar-refractivity contribution in [1.29, 1.82) is 0 Å². The van der Waals surface area contributed by atoms with Gasteiger partial charge in [0.1, 0.15) is 11.6 Å². The summed E-state index contributed by atoms with van der Waals surface area (Å²) in [5.41, 5.74) is 0.405. The molecule has 0 saturated carbocycles. The number of halogens is 1. The molecule has 0 aliphatic rings. The third-order valence-corrected chi connectivity index (χ3v) is 3.50. The average Bonchev–Trinajstić information content (AvgIpc) is 2.47. The lowest BCUT2D eigenvalue weighted by atomic mass is 10.1. The van der Waals surface area contributed by atoms with Crippen molar-refractivity contribution in [1.82, 2.24) is 4.98 Å². The monoisotopic (exact) mass is 282 g/mol. The molecular formula is C17H15FN2O. The predicted octanol–water partition coefficient (Wildman–Crippen LogP) is 3.84. The van der Waals surface area contributed by atoms with Crippen LogP contribution >= 0.6 is 0 Å². The summed E-state index contributed by atoms with van der Waals surface area (Å²) in [6.07, 6.45) is 0. The van der Waals surface area contributed by atoms with Gasteiger partial charge in [0.25, 0.3) is 5.56 Å². The maximum absolute atomic E-state index is 13.8. The van der Waals surface area contributed by atoms with E-state index in [0.717, 1.165) is 5.39 Å². The fourth-order valence-electron chi connectivity index (χ4n) is 2.43. The zero-order valence-corrected chi connectivity index (χ0v) is 11.6. The molecule has 0 spiro atoms. The predicted molar refractivity (Wildman–Crippen MR) is 83.0 cm³/mol. The molecule has 106 valence electrons. The van der Waals surface area contributed by atoms with Crippen LogP contribution in [0.25, 0.3) is 10.8 Å². The molecule has 0 fully saturated rings. The second-order valence-electron chi connectivity index (χ2n) is 4.99. The van der Waals surface area contributed by atoms with Gasteiger partial charge in [-0.1, -0.05) is 36.4 Å². The number of fused-ring (bicyclic) bond motifs is 1. The van der Waals surface area contributed by atoms with Crippen LogP contribution < -0.4 is 10.9 Å². The molecular weight excluding hydrogens is 267 g/mol. The van der Waals surface area contributed by atoms with E-state index in [1.54, 1.807) is 24.3 Å². The number of rotatable bonds is 3. The van der Waals surface area contributed by atoms with Gasteiger partial charge in [-0.25, -0.2) is 4.39 Å². The Morgan fingerprint density at radius 1 is 1.10 bits per heavy atom. The van der Waals surface area contributed by atoms with Crippen molar-refractivity contribution in [2.45, 2.75) is 13.0 Å². The van der Waals surface area contributed by atoms with Gasteiger partial charge in [0.05, 0.1) is 6.04 Å². The summed E-state index contributed by atoms with van der Waals surface area (Å²) in [6, 6.07) is 15.6. The highest BCUT2D eigenvalue weighted by molar-refractivity contribution is 5.83. The summed E-state index contributed by atoms with van der Waals surface area (Å²) in [5, 5.41) is 4.63. The number of H-pyrrole nitrogens is 1. The molecule has 0 amide bonds. The molecule has 1 heterocycles. The minimum Gasteiger partial charge on any atom is -0.365 e. The van der Waals surface area contributed by atoms with E-state index in [0.29, 0.717) is 16.8 Å². The SMILES string of the molecule is CC(Nc1cc2ccccc2c(=O)[nH]1)c1ccccc1F. The van der Waals surface area contributed by atoms with Crippen LogP contribution in [0, 0.1) is 5.82 Å². The van der Waals surface area contributed by atoms with Crippen molar-refractivity contribution in [3.05, 3.63) is 76.3 Å². The molecule has 1 atom stereocenters. The highest BCUT2D eigenvalue weighted by Gasteiger charge is 2.11. The molecule has 0 bridgehead atoms. The van der Waals surface area contributed by atoms with Gasteiger partial charge in [0, 0.05) is 10.9 Å². The van der Waals surface area contributed by atoms with Gasteiger partial charge in [-0.2, -0.15) is 0 Å². The van der Waals surface area contributed by atoms with Crippen LogP contribution in [-0.4, -0.2) is 4.98 Å². The van der Waals surface area contributed by atoms with Crippen molar-refractivity contribution in [2.24, 2.45) is 0 Å². The van der Waals surface area contributed by atoms with E-state index in [-0.39, 0.29) is 17.4 Å². The fraction of sp³-hybridized carbons (Fsp3) is 0.118. The van der Waals surface area contributed by atoms with E-state index in [4.69, 9.17) is 0 Å². The summed E-state index contributed by atoms with van der Waals surface area (Å²) in [7, 11) is 0. The normalized spacial score (nSPS) is 12.3. The van der Waals surface area contributed by atoms with Crippen molar-refractivity contribution < 1.29 is 4.39 Å². The number of benzene rings is 2. The first-order chi connectivity index (χ1) is 10.1. The standard InChI is InChI=1S/C17H15FN2O/c1-11(13-7-4-5-9-15(13)18)19-16-10-12-6-2-3-8-14(12)17(21)20-16/h2-11H,1H3,(H2,19,20,21). The van der Waals surface area contributed by atoms with E-state index in [9.17, 15) is 9.18 Å². The third-order valence-electron chi connectivity index (χ3n) is 3.50. The molecule has 4 heteroatoms. The van der Waals surface area contributed by atoms with E-state index in [1.165, 1.54) is 6.07 Å². The molecule has 0 aliphatic carbocycles. The first kappa shape index (κ1) is 13.4. The molecule has 3 rings (SSSR count). The minimum atomic E-state index is -0.263. The van der Waals surface area contributed by atoms with E-state index < -0.39 is 0 Å². The summed E-state index contributed by atoms with van der Waals surface area (Å²) >= 11 is 0. The second kappa shape index (κ2) is 5.40. The highest BCUT2D eigenvalue weighted by atomic mass is 19.1. The molecule has 1 unspecified atom stereocenters. The number of nitrogens with one attached hydrogen (secondary N) is 2. The molecule has 21 heavy (non-hydrogen) atoms. The van der Waals surface area contributed by atoms with Crippen LogP contribution in [0.5, 0.6) is 0 Å². The Morgan fingerprint density at radius 3 is 2.62 bits per heavy atom. The molecule has 2 aromatic carbocycles. The molecule has 0 saturated heterocycles. The lowest BCUT2D eigenvalue weighted by molar-refractivity contribution is 0.600. The second-order valence-corrected chi connectivity index (χ2v) is 4.99. The number of aromatic nitrogens is 1. The fourth-order valence-corrected chi connectivity index (χ4v) is 2.43. The summed E-state index contributed by atoms with van der Waals surface area (Å²) in [4.78, 5) is 14.8. The summed E-state index contributed by atoms with van der Waals surface area (Å²) in [6.45, 7) is 1.85. The minimum absolute atomic E-state index is 0.156. The van der Waals surface area contributed by atoms with E-state index in [2.05, 4.69) is 10.3 Å². The topological polar surface area (TPSA) is 44.9 Å². The van der Waals surface area contributed by atoms with Crippen LogP contribution in [0.2, 0.25) is 0 Å². The summed E-state index contributed by atoms with van der Waals surface area (Å²) < 4.78 is 13.8. The van der Waals surface area contributed by atoms with Crippen molar-refractivity contribution in [2.75, 3.05) is 5.32 Å². The van der Waals surface area contributed by atoms with Gasteiger partial charge in [-0.3, -0.25) is 4.79 Å². The number of hydrogen-bond donors (Lipinski definition) is 2. The first-order valence-corrected chi connectivity index (χ1v) is 6.78. The Morgan fingerprint density at radius 2 is 1.81 bits per heavy atom. The van der Waals surface area contributed by atoms with Crippen LogP contribution in [0.15, 0.2) is 59.4 Å². The average molecular weight is 282 g/mol. The largest absolute Gasteiger partial charge is 0.365 e. The summed E-state index contributed by atoms with van der Waals surface area (Å²) in [5.74, 6) is 0.315. The first-order valence-electron chi connectivity index (χ1n) is 6.78. The van der Waals surface area contributed by atoms with Crippen molar-refractivity contribution in [3.63, 3.8) is 0 Å². The van der Waals surface area contributed by atoms with E-state index >= 15 is 0 Å². The lowest BCUT2D eigenvalue weighted by Crippen LogP contribution is -2.14. The van der Waals surface area contributed by atoms with Gasteiger partial charge in [-0.15, -0.1) is 0 Å². The number of pyridine rings is 1. The van der Waals surface area contributed by atoms with Crippen LogP contribution in [0.3, 0.4) is 0 Å². The molecule has 3 nitrogen and oxygen atoms in total. The molecule has 0 aliphatic heterocycles. The quantitative estimate of drug-likeness (QED) is 0.766. The number of hydrogen-bond acceptors (Lipinski definition) is 2. The zero-order chi connectivity index (χ0) is 14.8. The molecule has 0 radical (unpaired) electrons. The molecule has 2 N–H and O–H groups in total. The van der Waals surface area contributed by atoms with Crippen molar-refractivity contribution >= 4 is 16.6 Å². The smallest absolute Gasteiger partial charge is 0.257 e. The zero-order valence-electron chi connectivity index (χ0n) is 11.6. The maximum atomic E-state index is 13.8. The van der Waals surface area contributed by atoms with Gasteiger partial charge in [0.15, 0.2) is 0 Å². The molecule has 1 aromatic heterocycles. The number of aromatic amines is 1. The van der Waals surface area contributed by atoms with Gasteiger partial charge < -0.3 is 10.3 Å². The van der Waals surface area contributed by atoms with Gasteiger partial charge in [0.2, 0.25) is 0 Å². The Bertz CT molecular complexity index is 841. The Hall–Kier alpha value is -2.62. The van der Waals surface area contributed by atoms with Crippen LogP contribution in [0.4, 0.5) is 10.2 Å².